The minimum Gasteiger partial charge on any atom is -0.359 e. The van der Waals surface area contributed by atoms with Gasteiger partial charge in [0.15, 0.2) is 0 Å². The Morgan fingerprint density at radius 3 is 2.04 bits per heavy atom. The Hall–Kier alpha value is -1.48. The lowest BCUT2D eigenvalue weighted by molar-refractivity contribution is -0.0759. The molecule has 5 nitrogen and oxygen atoms in total. The summed E-state index contributed by atoms with van der Waals surface area (Å²) in [6.45, 7) is 13.6. The molecule has 0 fully saturated rings. The molecule has 0 aliphatic carbocycles. The average Bonchev–Trinajstić information content (AvgIpc) is 2.62. The molecule has 2 atom stereocenters. The molecule has 0 heterocycles. The summed E-state index contributed by atoms with van der Waals surface area (Å²) >= 11 is 6.02. The number of azide groups is 1. The molecule has 0 bridgehead atoms. The highest BCUT2D eigenvalue weighted by molar-refractivity contribution is 6.90. The number of benzene rings is 1. The zero-order chi connectivity index (χ0) is 21.3. The van der Waals surface area contributed by atoms with Crippen LogP contribution in [0, 0.1) is 11.5 Å². The molecule has 0 spiro atoms. The van der Waals surface area contributed by atoms with Crippen LogP contribution in [0.25, 0.3) is 10.4 Å². The van der Waals surface area contributed by atoms with Gasteiger partial charge in [-0.2, -0.15) is 0 Å². The zero-order valence-corrected chi connectivity index (χ0v) is 19.7. The van der Waals surface area contributed by atoms with Crippen LogP contribution in [0.1, 0.15) is 53.2 Å². The van der Waals surface area contributed by atoms with Gasteiger partial charge in [0.2, 0.25) is 0 Å². The Labute approximate surface area is 175 Å². The van der Waals surface area contributed by atoms with E-state index in [9.17, 15) is 0 Å². The first kappa shape index (κ1) is 24.6. The van der Waals surface area contributed by atoms with Crippen LogP contribution in [-0.4, -0.2) is 28.0 Å². The van der Waals surface area contributed by atoms with Gasteiger partial charge < -0.3 is 9.47 Å². The van der Waals surface area contributed by atoms with Crippen molar-refractivity contribution in [2.75, 3.05) is 13.9 Å². The molecule has 154 valence electrons. The summed E-state index contributed by atoms with van der Waals surface area (Å²) in [7, 11) is -0.402. The minimum absolute atomic E-state index is 0.0769. The Morgan fingerprint density at radius 1 is 1.07 bits per heavy atom. The van der Waals surface area contributed by atoms with Gasteiger partial charge in [0, 0.05) is 17.0 Å². The van der Waals surface area contributed by atoms with Crippen molar-refractivity contribution in [1.29, 1.82) is 0 Å². The van der Waals surface area contributed by atoms with E-state index in [0.717, 1.165) is 5.56 Å². The molecular formula is C21H32ClN3O2Si. The summed E-state index contributed by atoms with van der Waals surface area (Å²) < 4.78 is 10.9. The van der Waals surface area contributed by atoms with Crippen LogP contribution in [0.2, 0.25) is 21.6 Å². The Balaban J connectivity index is 3.44. The number of rotatable bonds is 9. The molecule has 0 amide bonds. The van der Waals surface area contributed by atoms with E-state index in [1.165, 1.54) is 0 Å². The van der Waals surface area contributed by atoms with E-state index in [1.54, 1.807) is 19.2 Å². The van der Waals surface area contributed by atoms with E-state index in [4.69, 9.17) is 26.6 Å². The number of halogens is 1. The Morgan fingerprint density at radius 2 is 1.61 bits per heavy atom. The second-order valence-electron chi connectivity index (χ2n) is 7.86. The van der Waals surface area contributed by atoms with Gasteiger partial charge in [0.05, 0.1) is 0 Å². The fourth-order valence-electron chi connectivity index (χ4n) is 4.02. The number of methoxy groups -OCH3 is 1. The maximum absolute atomic E-state index is 9.15. The van der Waals surface area contributed by atoms with Gasteiger partial charge in [-0.15, -0.1) is 5.54 Å². The third kappa shape index (κ3) is 6.01. The maximum Gasteiger partial charge on any atom is 0.147 e. The molecule has 0 N–H and O–H groups in total. The summed E-state index contributed by atoms with van der Waals surface area (Å²) in [5, 5.41) is 4.60. The summed E-state index contributed by atoms with van der Waals surface area (Å²) in [5.41, 5.74) is 15.1. The SMILES string of the molecule is COCO[C@H](c1ccc(Cl)cc1)[C@H](C#C[Si](C(C)C)(C(C)C)C(C)C)N=[N+]=[N-]. The maximum atomic E-state index is 9.15. The molecular weight excluding hydrogens is 390 g/mol. The quantitative estimate of drug-likeness (QED) is 0.109. The van der Waals surface area contributed by atoms with E-state index in [-0.39, 0.29) is 6.79 Å². The second-order valence-corrected chi connectivity index (χ2v) is 13.9. The van der Waals surface area contributed by atoms with Crippen LogP contribution < -0.4 is 0 Å². The van der Waals surface area contributed by atoms with Crippen LogP contribution in [0.5, 0.6) is 0 Å². The van der Waals surface area contributed by atoms with Crippen LogP contribution >= 0.6 is 11.6 Å². The van der Waals surface area contributed by atoms with Crippen LogP contribution in [0.15, 0.2) is 29.4 Å². The molecule has 0 unspecified atom stereocenters. The lowest BCUT2D eigenvalue weighted by atomic mass is 10.0. The highest BCUT2D eigenvalue weighted by Crippen LogP contribution is 2.41. The lowest BCUT2D eigenvalue weighted by Gasteiger charge is -2.38. The molecule has 0 saturated heterocycles. The van der Waals surface area contributed by atoms with Crippen molar-refractivity contribution < 1.29 is 9.47 Å². The van der Waals surface area contributed by atoms with Gasteiger partial charge in [-0.25, -0.2) is 0 Å². The third-order valence-electron chi connectivity index (χ3n) is 5.33. The second kappa shape index (κ2) is 11.5. The molecule has 1 aromatic rings. The van der Waals surface area contributed by atoms with Gasteiger partial charge in [-0.3, -0.25) is 0 Å². The van der Waals surface area contributed by atoms with Crippen molar-refractivity contribution in [1.82, 2.24) is 0 Å². The molecule has 0 aromatic heterocycles. The number of hydrogen-bond donors (Lipinski definition) is 0. The van der Waals surface area contributed by atoms with E-state index in [0.29, 0.717) is 21.6 Å². The monoisotopic (exact) mass is 421 g/mol. The molecule has 0 radical (unpaired) electrons. The molecule has 0 saturated carbocycles. The number of ether oxygens (including phenoxy) is 2. The van der Waals surface area contributed by atoms with Gasteiger partial charge >= 0.3 is 0 Å². The van der Waals surface area contributed by atoms with E-state index in [2.05, 4.69) is 63.0 Å². The molecule has 0 aliphatic heterocycles. The van der Waals surface area contributed by atoms with Crippen LogP contribution in [0.4, 0.5) is 0 Å². The normalized spacial score (nSPS) is 13.8. The first-order chi connectivity index (χ1) is 13.2. The lowest BCUT2D eigenvalue weighted by Crippen LogP contribution is -2.43. The molecule has 28 heavy (non-hydrogen) atoms. The third-order valence-corrected chi connectivity index (χ3v) is 11.9. The number of nitrogens with zero attached hydrogens (tertiary/aromatic N) is 3. The molecule has 7 heteroatoms. The van der Waals surface area contributed by atoms with Gasteiger partial charge in [-0.1, -0.05) is 76.3 Å². The van der Waals surface area contributed by atoms with Gasteiger partial charge in [0.1, 0.15) is 27.0 Å². The van der Waals surface area contributed by atoms with E-state index >= 15 is 0 Å². The minimum atomic E-state index is -1.96. The largest absolute Gasteiger partial charge is 0.359 e. The molecule has 0 aliphatic rings. The average molecular weight is 422 g/mol. The highest BCUT2D eigenvalue weighted by Gasteiger charge is 2.42. The standard InChI is InChI=1S/C21H32ClN3O2Si/c1-15(2)28(16(3)4,17(5)6)13-12-20(24-25-23)21(27-14-26-7)18-8-10-19(22)11-9-18/h8-11,15-17,20-21H,14H2,1-7H3/t20-,21+/m0/s1. The fourth-order valence-corrected chi connectivity index (χ4v) is 9.41. The van der Waals surface area contributed by atoms with E-state index < -0.39 is 20.2 Å². The first-order valence-corrected chi connectivity index (χ1v) is 12.2. The van der Waals surface area contributed by atoms with Crippen molar-refractivity contribution in [2.45, 2.75) is 70.3 Å². The van der Waals surface area contributed by atoms with Crippen molar-refractivity contribution in [3.63, 3.8) is 0 Å². The van der Waals surface area contributed by atoms with Crippen LogP contribution in [-0.2, 0) is 9.47 Å². The van der Waals surface area contributed by atoms with Crippen molar-refractivity contribution in [3.05, 3.63) is 45.3 Å². The van der Waals surface area contributed by atoms with Crippen LogP contribution in [0.3, 0.4) is 0 Å². The Kier molecular flexibility index (Phi) is 10.1. The summed E-state index contributed by atoms with van der Waals surface area (Å²) in [6, 6.07) is 6.65. The molecule has 1 rings (SSSR count). The topological polar surface area (TPSA) is 67.2 Å². The Bertz CT molecular complexity index is 698. The van der Waals surface area contributed by atoms with E-state index in [1.807, 2.05) is 12.1 Å². The number of hydrogen-bond acceptors (Lipinski definition) is 3. The summed E-state index contributed by atoms with van der Waals surface area (Å²) in [5.74, 6) is 3.31. The predicted octanol–water partition coefficient (Wildman–Crippen LogP) is 6.90. The zero-order valence-electron chi connectivity index (χ0n) is 17.9. The predicted molar refractivity (Wildman–Crippen MR) is 119 cm³/mol. The first-order valence-electron chi connectivity index (χ1n) is 9.63. The van der Waals surface area contributed by atoms with Crippen molar-refractivity contribution >= 4 is 19.7 Å². The smallest absolute Gasteiger partial charge is 0.147 e. The van der Waals surface area contributed by atoms with Gasteiger partial charge in [0.25, 0.3) is 0 Å². The highest BCUT2D eigenvalue weighted by atomic mass is 35.5. The summed E-state index contributed by atoms with van der Waals surface area (Å²) in [6.07, 6.45) is -0.529. The summed E-state index contributed by atoms with van der Waals surface area (Å²) in [4.78, 5) is 3.03. The van der Waals surface area contributed by atoms with Crippen molar-refractivity contribution in [3.8, 4) is 11.5 Å². The molecule has 1 aromatic carbocycles. The van der Waals surface area contributed by atoms with Crippen molar-refractivity contribution in [2.24, 2.45) is 5.11 Å². The fraction of sp³-hybridized carbons (Fsp3) is 0.619. The van der Waals surface area contributed by atoms with Gasteiger partial charge in [-0.05, 0) is 39.9 Å².